The third-order valence-corrected chi connectivity index (χ3v) is 6.01. The second-order valence-corrected chi connectivity index (χ2v) is 10.4. The number of benzene rings is 2. The molecule has 1 aliphatic rings. The van der Waals surface area contributed by atoms with E-state index in [2.05, 4.69) is 10.6 Å². The molecule has 1 amide bonds. The number of aryl methyl sites for hydroxylation is 2. The summed E-state index contributed by atoms with van der Waals surface area (Å²) in [7, 11) is 0. The first-order valence-corrected chi connectivity index (χ1v) is 12.8. The van der Waals surface area contributed by atoms with E-state index >= 15 is 0 Å². The molecule has 2 aromatic rings. The van der Waals surface area contributed by atoms with Gasteiger partial charge in [-0.25, -0.2) is 9.59 Å². The van der Waals surface area contributed by atoms with Crippen LogP contribution in [-0.4, -0.2) is 43.0 Å². The van der Waals surface area contributed by atoms with Crippen LogP contribution in [0.1, 0.15) is 78.6 Å². The minimum atomic E-state index is -0.719. The van der Waals surface area contributed by atoms with Crippen LogP contribution in [0.3, 0.4) is 0 Å². The second kappa shape index (κ2) is 12.7. The van der Waals surface area contributed by atoms with Crippen molar-refractivity contribution in [2.24, 2.45) is 0 Å². The number of hydrogen-bond acceptors (Lipinski definition) is 7. The Morgan fingerprint density at radius 1 is 1.05 bits per heavy atom. The van der Waals surface area contributed by atoms with Gasteiger partial charge in [0.2, 0.25) is 0 Å². The summed E-state index contributed by atoms with van der Waals surface area (Å²) >= 11 is 0. The van der Waals surface area contributed by atoms with E-state index in [0.29, 0.717) is 11.1 Å². The first-order valence-electron chi connectivity index (χ1n) is 12.8. The fourth-order valence-electron chi connectivity index (χ4n) is 4.10. The van der Waals surface area contributed by atoms with Crippen molar-refractivity contribution in [3.8, 4) is 0 Å². The van der Waals surface area contributed by atoms with Crippen LogP contribution in [0, 0.1) is 13.8 Å². The van der Waals surface area contributed by atoms with Gasteiger partial charge in [-0.2, -0.15) is 0 Å². The third kappa shape index (κ3) is 8.89. The highest BCUT2D eigenvalue weighted by Gasteiger charge is 2.27. The molecule has 0 radical (unpaired) electrons. The van der Waals surface area contributed by atoms with Gasteiger partial charge in [0.1, 0.15) is 12.2 Å². The van der Waals surface area contributed by atoms with Gasteiger partial charge in [-0.05, 0) is 83.2 Å². The zero-order valence-electron chi connectivity index (χ0n) is 22.4. The Kier molecular flexibility index (Phi) is 9.69. The molecule has 0 aromatic heterocycles. The zero-order valence-corrected chi connectivity index (χ0v) is 22.4. The van der Waals surface area contributed by atoms with Crippen molar-refractivity contribution in [1.82, 2.24) is 10.6 Å². The number of nitrogens with one attached hydrogen (secondary N) is 2. The number of piperidine rings is 1. The van der Waals surface area contributed by atoms with E-state index in [4.69, 9.17) is 14.2 Å². The van der Waals surface area contributed by atoms with Gasteiger partial charge in [-0.3, -0.25) is 10.1 Å². The summed E-state index contributed by atoms with van der Waals surface area (Å²) in [5.74, 6) is -1.53. The summed E-state index contributed by atoms with van der Waals surface area (Å²) in [6.45, 7) is 10.1. The SMILES string of the molecule is Cc1ccc(C(=O)OCc2ccc([C@@H](CNC(=O)OC(C)(C)C)C(=O)OC3CCCCN3)cc2)c(C)c1. The Bertz CT molecular complexity index is 1080. The zero-order chi connectivity index (χ0) is 27.0. The molecule has 0 spiro atoms. The molecule has 200 valence electrons. The summed E-state index contributed by atoms with van der Waals surface area (Å²) in [5.41, 5.74) is 3.30. The lowest BCUT2D eigenvalue weighted by molar-refractivity contribution is -0.153. The lowest BCUT2D eigenvalue weighted by Gasteiger charge is -2.26. The van der Waals surface area contributed by atoms with E-state index in [1.165, 1.54) is 0 Å². The van der Waals surface area contributed by atoms with Gasteiger partial charge in [0.15, 0.2) is 6.23 Å². The molecule has 8 heteroatoms. The van der Waals surface area contributed by atoms with Crippen molar-refractivity contribution in [1.29, 1.82) is 0 Å². The minimum absolute atomic E-state index is 0.0293. The molecule has 1 heterocycles. The van der Waals surface area contributed by atoms with E-state index < -0.39 is 23.6 Å². The number of alkyl carbamates (subject to hydrolysis) is 1. The standard InChI is InChI=1S/C29H38N2O6/c1-19-9-14-23(20(2)16-19)26(32)35-18-21-10-12-22(13-11-21)24(17-31-28(34)37-29(3,4)5)27(33)36-25-8-6-7-15-30-25/h9-14,16,24-25,30H,6-8,15,17-18H2,1-5H3,(H,31,34)/t24-,25?/m1/s1. The van der Waals surface area contributed by atoms with E-state index in [1.807, 2.05) is 26.0 Å². The Morgan fingerprint density at radius 3 is 2.41 bits per heavy atom. The third-order valence-electron chi connectivity index (χ3n) is 6.01. The maximum Gasteiger partial charge on any atom is 0.407 e. The highest BCUT2D eigenvalue weighted by molar-refractivity contribution is 5.91. The average Bonchev–Trinajstić information content (AvgIpc) is 2.83. The quantitative estimate of drug-likeness (QED) is 0.384. The van der Waals surface area contributed by atoms with Crippen LogP contribution >= 0.6 is 0 Å². The van der Waals surface area contributed by atoms with Crippen LogP contribution in [0.5, 0.6) is 0 Å². The van der Waals surface area contributed by atoms with Gasteiger partial charge in [0.05, 0.1) is 11.5 Å². The Hall–Kier alpha value is -3.39. The van der Waals surface area contributed by atoms with Crippen LogP contribution in [0.2, 0.25) is 0 Å². The smallest absolute Gasteiger partial charge is 0.407 e. The fourth-order valence-corrected chi connectivity index (χ4v) is 4.10. The summed E-state index contributed by atoms with van der Waals surface area (Å²) < 4.78 is 16.5. The predicted molar refractivity (Wildman–Crippen MR) is 140 cm³/mol. The topological polar surface area (TPSA) is 103 Å². The van der Waals surface area contributed by atoms with E-state index in [-0.39, 0.29) is 25.3 Å². The number of rotatable bonds is 8. The van der Waals surface area contributed by atoms with Crippen LogP contribution in [0.4, 0.5) is 4.79 Å². The van der Waals surface area contributed by atoms with Crippen LogP contribution in [-0.2, 0) is 25.6 Å². The van der Waals surface area contributed by atoms with Crippen molar-refractivity contribution in [2.75, 3.05) is 13.1 Å². The summed E-state index contributed by atoms with van der Waals surface area (Å²) in [6, 6.07) is 12.8. The molecule has 2 N–H and O–H groups in total. The van der Waals surface area contributed by atoms with Crippen LogP contribution in [0.15, 0.2) is 42.5 Å². The Labute approximate surface area is 219 Å². The number of carbonyl (C=O) groups is 3. The fraction of sp³-hybridized carbons (Fsp3) is 0.483. The number of amides is 1. The molecule has 0 aliphatic carbocycles. The maximum absolute atomic E-state index is 13.1. The Morgan fingerprint density at radius 2 is 1.78 bits per heavy atom. The molecular formula is C29H38N2O6. The second-order valence-electron chi connectivity index (χ2n) is 10.4. The van der Waals surface area contributed by atoms with Crippen molar-refractivity contribution in [3.63, 3.8) is 0 Å². The summed E-state index contributed by atoms with van der Waals surface area (Å²) in [5, 5.41) is 5.89. The Balaban J connectivity index is 1.66. The molecule has 1 saturated heterocycles. The predicted octanol–water partition coefficient (Wildman–Crippen LogP) is 4.91. The first kappa shape index (κ1) is 28.2. The molecule has 1 unspecified atom stereocenters. The lowest BCUT2D eigenvalue weighted by Crippen LogP contribution is -2.41. The largest absolute Gasteiger partial charge is 0.457 e. The maximum atomic E-state index is 13.1. The van der Waals surface area contributed by atoms with Gasteiger partial charge in [0, 0.05) is 6.54 Å². The van der Waals surface area contributed by atoms with Gasteiger partial charge in [0.25, 0.3) is 0 Å². The molecular weight excluding hydrogens is 472 g/mol. The molecule has 8 nitrogen and oxygen atoms in total. The number of ether oxygens (including phenoxy) is 3. The van der Waals surface area contributed by atoms with Crippen molar-refractivity contribution < 1.29 is 28.6 Å². The molecule has 1 aliphatic heterocycles. The molecule has 1 fully saturated rings. The monoisotopic (exact) mass is 510 g/mol. The first-order chi connectivity index (χ1) is 17.5. The summed E-state index contributed by atoms with van der Waals surface area (Å²) in [4.78, 5) is 37.8. The molecule has 2 atom stereocenters. The van der Waals surface area contributed by atoms with E-state index in [0.717, 1.165) is 42.5 Å². The molecule has 2 aromatic carbocycles. The van der Waals surface area contributed by atoms with Crippen LogP contribution in [0.25, 0.3) is 0 Å². The normalized spacial score (nSPS) is 16.4. The lowest BCUT2D eigenvalue weighted by atomic mass is 9.98. The molecule has 3 rings (SSSR count). The van der Waals surface area contributed by atoms with Crippen molar-refractivity contribution in [2.45, 2.75) is 78.2 Å². The van der Waals surface area contributed by atoms with E-state index in [1.54, 1.807) is 51.1 Å². The average molecular weight is 511 g/mol. The van der Waals surface area contributed by atoms with Crippen molar-refractivity contribution in [3.05, 3.63) is 70.3 Å². The number of hydrogen-bond donors (Lipinski definition) is 2. The molecule has 37 heavy (non-hydrogen) atoms. The van der Waals surface area contributed by atoms with Gasteiger partial charge < -0.3 is 19.5 Å². The highest BCUT2D eigenvalue weighted by Crippen LogP contribution is 2.21. The van der Waals surface area contributed by atoms with Gasteiger partial charge in [-0.1, -0.05) is 42.0 Å². The number of esters is 2. The van der Waals surface area contributed by atoms with E-state index in [9.17, 15) is 14.4 Å². The summed E-state index contributed by atoms with van der Waals surface area (Å²) in [6.07, 6.45) is 1.85. The molecule has 0 bridgehead atoms. The highest BCUT2D eigenvalue weighted by atomic mass is 16.6. The van der Waals surface area contributed by atoms with Crippen molar-refractivity contribution >= 4 is 18.0 Å². The number of carbonyl (C=O) groups excluding carboxylic acids is 3. The molecule has 0 saturated carbocycles. The van der Waals surface area contributed by atoms with Crippen LogP contribution < -0.4 is 10.6 Å². The van der Waals surface area contributed by atoms with Gasteiger partial charge in [-0.15, -0.1) is 0 Å². The van der Waals surface area contributed by atoms with Gasteiger partial charge >= 0.3 is 18.0 Å². The minimum Gasteiger partial charge on any atom is -0.457 e.